The van der Waals surface area contributed by atoms with Crippen molar-refractivity contribution in [3.05, 3.63) is 40.9 Å². The molecule has 0 aliphatic carbocycles. The molecule has 0 unspecified atom stereocenters. The van der Waals surface area contributed by atoms with Gasteiger partial charge in [-0.3, -0.25) is 4.79 Å². The molecule has 0 radical (unpaired) electrons. The molecular formula is C11H11ClO2. The molecule has 1 aromatic carbocycles. The first-order valence-electron chi connectivity index (χ1n) is 4.21. The molecule has 2 nitrogen and oxygen atoms in total. The number of benzene rings is 1. The molecule has 0 aliphatic heterocycles. The first-order valence-corrected chi connectivity index (χ1v) is 4.59. The Hall–Kier alpha value is -1.28. The highest BCUT2D eigenvalue weighted by Crippen LogP contribution is 2.10. The number of halogens is 1. The van der Waals surface area contributed by atoms with Gasteiger partial charge in [0.05, 0.1) is 13.5 Å². The minimum Gasteiger partial charge on any atom is -0.469 e. The van der Waals surface area contributed by atoms with Gasteiger partial charge in [0.1, 0.15) is 0 Å². The summed E-state index contributed by atoms with van der Waals surface area (Å²) in [4.78, 5) is 10.8. The fourth-order valence-corrected chi connectivity index (χ4v) is 1.07. The van der Waals surface area contributed by atoms with Crippen molar-refractivity contribution in [2.24, 2.45) is 0 Å². The van der Waals surface area contributed by atoms with E-state index in [1.807, 2.05) is 18.2 Å². The largest absolute Gasteiger partial charge is 0.469 e. The molecule has 0 fully saturated rings. The maximum atomic E-state index is 10.8. The van der Waals surface area contributed by atoms with Crippen LogP contribution in [0.15, 0.2) is 30.3 Å². The van der Waals surface area contributed by atoms with Crippen molar-refractivity contribution in [1.29, 1.82) is 0 Å². The highest BCUT2D eigenvalue weighted by Gasteiger charge is 1.93. The molecule has 3 heteroatoms. The van der Waals surface area contributed by atoms with Gasteiger partial charge >= 0.3 is 5.97 Å². The summed E-state index contributed by atoms with van der Waals surface area (Å²) in [5.74, 6) is -0.241. The lowest BCUT2D eigenvalue weighted by Crippen LogP contribution is -1.96. The molecular weight excluding hydrogens is 200 g/mol. The second kappa shape index (κ2) is 5.45. The number of carbonyl (C=O) groups is 1. The first-order chi connectivity index (χ1) is 6.72. The Bertz CT molecular complexity index is 328. The van der Waals surface area contributed by atoms with Gasteiger partial charge in [-0.05, 0) is 17.7 Å². The van der Waals surface area contributed by atoms with Gasteiger partial charge in [0.15, 0.2) is 0 Å². The van der Waals surface area contributed by atoms with Crippen LogP contribution in [0.5, 0.6) is 0 Å². The molecule has 0 saturated heterocycles. The van der Waals surface area contributed by atoms with Crippen LogP contribution >= 0.6 is 11.6 Å². The molecule has 0 heterocycles. The Morgan fingerprint density at radius 3 is 2.64 bits per heavy atom. The standard InChI is InChI=1S/C11H11ClO2/c1-14-11(13)4-2-3-9-5-7-10(12)8-6-9/h2-3,5-8H,4H2,1H3/b3-2-. The molecule has 0 spiro atoms. The lowest BCUT2D eigenvalue weighted by Gasteiger charge is -1.94. The molecule has 74 valence electrons. The van der Waals surface area contributed by atoms with Crippen molar-refractivity contribution in [2.45, 2.75) is 6.42 Å². The third-order valence-corrected chi connectivity index (χ3v) is 1.94. The highest BCUT2D eigenvalue weighted by atomic mass is 35.5. The SMILES string of the molecule is COC(=O)C/C=C\c1ccc(Cl)cc1. The average molecular weight is 211 g/mol. The van der Waals surface area contributed by atoms with Crippen LogP contribution in [0.2, 0.25) is 5.02 Å². The molecule has 0 saturated carbocycles. The van der Waals surface area contributed by atoms with Gasteiger partial charge in [-0.25, -0.2) is 0 Å². The Labute approximate surface area is 88.1 Å². The predicted octanol–water partition coefficient (Wildman–Crippen LogP) is 2.92. The smallest absolute Gasteiger partial charge is 0.309 e. The minimum atomic E-state index is -0.241. The third kappa shape index (κ3) is 3.62. The summed E-state index contributed by atoms with van der Waals surface area (Å²) < 4.78 is 4.50. The summed E-state index contributed by atoms with van der Waals surface area (Å²) >= 11 is 5.72. The summed E-state index contributed by atoms with van der Waals surface area (Å²) in [6.07, 6.45) is 3.90. The second-order valence-electron chi connectivity index (χ2n) is 2.73. The van der Waals surface area contributed by atoms with Crippen molar-refractivity contribution < 1.29 is 9.53 Å². The lowest BCUT2D eigenvalue weighted by atomic mass is 10.2. The van der Waals surface area contributed by atoms with Crippen LogP contribution in [0, 0.1) is 0 Å². The van der Waals surface area contributed by atoms with Crippen molar-refractivity contribution in [1.82, 2.24) is 0 Å². The Morgan fingerprint density at radius 1 is 1.43 bits per heavy atom. The van der Waals surface area contributed by atoms with Crippen molar-refractivity contribution >= 4 is 23.6 Å². The Balaban J connectivity index is 2.52. The van der Waals surface area contributed by atoms with Crippen LogP contribution in [-0.2, 0) is 9.53 Å². The van der Waals surface area contributed by atoms with E-state index in [1.165, 1.54) is 7.11 Å². The molecule has 0 atom stereocenters. The summed E-state index contributed by atoms with van der Waals surface area (Å²) in [6, 6.07) is 7.38. The zero-order valence-electron chi connectivity index (χ0n) is 7.87. The zero-order valence-corrected chi connectivity index (χ0v) is 8.62. The molecule has 0 aliphatic rings. The van der Waals surface area contributed by atoms with Crippen LogP contribution in [0.1, 0.15) is 12.0 Å². The normalized spacial score (nSPS) is 10.4. The van der Waals surface area contributed by atoms with Gasteiger partial charge in [-0.2, -0.15) is 0 Å². The van der Waals surface area contributed by atoms with Crippen LogP contribution in [0.25, 0.3) is 6.08 Å². The Kier molecular flexibility index (Phi) is 4.20. The highest BCUT2D eigenvalue weighted by molar-refractivity contribution is 6.30. The van der Waals surface area contributed by atoms with Gasteiger partial charge in [-0.1, -0.05) is 35.9 Å². The van der Waals surface area contributed by atoms with E-state index < -0.39 is 0 Å². The van der Waals surface area contributed by atoms with Gasteiger partial charge in [0.25, 0.3) is 0 Å². The fourth-order valence-electron chi connectivity index (χ4n) is 0.948. The van der Waals surface area contributed by atoms with Crippen LogP contribution in [0.4, 0.5) is 0 Å². The maximum absolute atomic E-state index is 10.8. The van der Waals surface area contributed by atoms with E-state index in [9.17, 15) is 4.79 Å². The van der Waals surface area contributed by atoms with E-state index >= 15 is 0 Å². The second-order valence-corrected chi connectivity index (χ2v) is 3.17. The van der Waals surface area contributed by atoms with Gasteiger partial charge in [0.2, 0.25) is 0 Å². The predicted molar refractivity (Wildman–Crippen MR) is 57.1 cm³/mol. The molecule has 14 heavy (non-hydrogen) atoms. The molecule has 0 aromatic heterocycles. The molecule has 1 rings (SSSR count). The summed E-state index contributed by atoms with van der Waals surface area (Å²) in [6.45, 7) is 0. The van der Waals surface area contributed by atoms with E-state index in [0.717, 1.165) is 5.56 Å². The van der Waals surface area contributed by atoms with Crippen LogP contribution < -0.4 is 0 Å². The number of rotatable bonds is 3. The van der Waals surface area contributed by atoms with Gasteiger partial charge in [-0.15, -0.1) is 0 Å². The molecule has 0 amide bonds. The third-order valence-electron chi connectivity index (χ3n) is 1.69. The van der Waals surface area contributed by atoms with Crippen LogP contribution in [-0.4, -0.2) is 13.1 Å². The molecule has 0 N–H and O–H groups in total. The maximum Gasteiger partial charge on any atom is 0.309 e. The van der Waals surface area contributed by atoms with Crippen molar-refractivity contribution in [2.75, 3.05) is 7.11 Å². The summed E-state index contributed by atoms with van der Waals surface area (Å²) in [7, 11) is 1.37. The number of ether oxygens (including phenoxy) is 1. The monoisotopic (exact) mass is 210 g/mol. The number of hydrogen-bond acceptors (Lipinski definition) is 2. The first kappa shape index (κ1) is 10.8. The Morgan fingerprint density at radius 2 is 2.07 bits per heavy atom. The van der Waals surface area contributed by atoms with Crippen molar-refractivity contribution in [3.8, 4) is 0 Å². The van der Waals surface area contributed by atoms with Crippen molar-refractivity contribution in [3.63, 3.8) is 0 Å². The minimum absolute atomic E-state index is 0.241. The van der Waals surface area contributed by atoms with E-state index in [0.29, 0.717) is 11.4 Å². The molecule has 1 aromatic rings. The van der Waals surface area contributed by atoms with E-state index in [4.69, 9.17) is 11.6 Å². The topological polar surface area (TPSA) is 26.3 Å². The zero-order chi connectivity index (χ0) is 10.4. The van der Waals surface area contributed by atoms with E-state index in [-0.39, 0.29) is 5.97 Å². The lowest BCUT2D eigenvalue weighted by molar-refractivity contribution is -0.139. The molecule has 0 bridgehead atoms. The van der Waals surface area contributed by atoms with Gasteiger partial charge < -0.3 is 4.74 Å². The van der Waals surface area contributed by atoms with E-state index in [2.05, 4.69) is 4.74 Å². The fraction of sp³-hybridized carbons (Fsp3) is 0.182. The van der Waals surface area contributed by atoms with E-state index in [1.54, 1.807) is 18.2 Å². The number of carbonyl (C=O) groups excluding carboxylic acids is 1. The number of esters is 1. The van der Waals surface area contributed by atoms with Gasteiger partial charge in [0, 0.05) is 5.02 Å². The average Bonchev–Trinajstić information content (AvgIpc) is 2.21. The summed E-state index contributed by atoms with van der Waals surface area (Å²) in [5.41, 5.74) is 1.01. The summed E-state index contributed by atoms with van der Waals surface area (Å²) in [5, 5.41) is 0.704. The van der Waals surface area contributed by atoms with Crippen LogP contribution in [0.3, 0.4) is 0 Å². The number of methoxy groups -OCH3 is 1. The quantitative estimate of drug-likeness (QED) is 0.718. The number of hydrogen-bond donors (Lipinski definition) is 0.